The Balaban J connectivity index is 1.14. The van der Waals surface area contributed by atoms with Crippen molar-refractivity contribution in [2.24, 2.45) is 23.7 Å². The summed E-state index contributed by atoms with van der Waals surface area (Å²) in [5, 5.41) is 9.67. The summed E-state index contributed by atoms with van der Waals surface area (Å²) in [6.07, 6.45) is 10.2. The quantitative estimate of drug-likeness (QED) is 0.195. The number of rotatable bonds is 13. The first kappa shape index (κ1) is 32.0. The zero-order chi connectivity index (χ0) is 32.2. The Morgan fingerprint density at radius 3 is 2.41 bits per heavy atom. The standard InChI is InChI=1S/C38H47N3O5/c1-24-7-6-10-32(40-24)36(27-8-4-5-9-27)37(42)31-14-13-30(45-3)22-33(31)41-19-16-26(17-20-41)23-46-34-21-29(15-18-39-34)35(28-11-12-28)25(2)38(43)44/h6-7,10,13-15,18,21-22,25-28,35-36H,4-5,8-9,11-12,16-17,19-20,23H2,1-3H3,(H,43,44)/t25-,35-,36?/m0/s1. The van der Waals surface area contributed by atoms with Gasteiger partial charge in [0, 0.05) is 42.7 Å². The van der Waals surface area contributed by atoms with Gasteiger partial charge >= 0.3 is 5.97 Å². The number of hydrogen-bond acceptors (Lipinski definition) is 7. The molecule has 3 aliphatic rings. The molecule has 2 saturated carbocycles. The summed E-state index contributed by atoms with van der Waals surface area (Å²) >= 11 is 0. The minimum atomic E-state index is -0.760. The van der Waals surface area contributed by atoms with E-state index in [1.54, 1.807) is 20.2 Å². The fourth-order valence-electron chi connectivity index (χ4n) is 7.73. The molecule has 0 amide bonds. The Labute approximate surface area is 272 Å². The van der Waals surface area contributed by atoms with Gasteiger partial charge in [-0.2, -0.15) is 0 Å². The van der Waals surface area contributed by atoms with E-state index >= 15 is 0 Å². The third-order valence-corrected chi connectivity index (χ3v) is 10.5. The number of aliphatic carboxylic acids is 1. The summed E-state index contributed by atoms with van der Waals surface area (Å²) < 4.78 is 11.8. The van der Waals surface area contributed by atoms with Gasteiger partial charge in [0.25, 0.3) is 0 Å². The smallest absolute Gasteiger partial charge is 0.306 e. The van der Waals surface area contributed by atoms with Crippen molar-refractivity contribution >= 4 is 17.4 Å². The molecular weight excluding hydrogens is 578 g/mol. The predicted molar refractivity (Wildman–Crippen MR) is 178 cm³/mol. The number of benzene rings is 1. The number of hydrogen-bond donors (Lipinski definition) is 1. The molecule has 8 nitrogen and oxygen atoms in total. The average Bonchev–Trinajstić information content (AvgIpc) is 3.76. The lowest BCUT2D eigenvalue weighted by molar-refractivity contribution is -0.142. The highest BCUT2D eigenvalue weighted by atomic mass is 16.5. The van der Waals surface area contributed by atoms with Crippen LogP contribution in [0.25, 0.3) is 0 Å². The largest absolute Gasteiger partial charge is 0.497 e. The number of pyridine rings is 2. The minimum Gasteiger partial charge on any atom is -0.497 e. The van der Waals surface area contributed by atoms with E-state index in [9.17, 15) is 14.7 Å². The van der Waals surface area contributed by atoms with E-state index in [-0.39, 0.29) is 17.6 Å². The number of carbonyl (C=O) groups is 2. The van der Waals surface area contributed by atoms with Gasteiger partial charge in [0.1, 0.15) is 5.75 Å². The van der Waals surface area contributed by atoms with Gasteiger partial charge in [-0.25, -0.2) is 4.98 Å². The van der Waals surface area contributed by atoms with E-state index < -0.39 is 11.9 Å². The highest BCUT2D eigenvalue weighted by molar-refractivity contribution is 6.05. The number of piperidine rings is 1. The van der Waals surface area contributed by atoms with Crippen LogP contribution in [-0.4, -0.2) is 53.6 Å². The molecule has 1 unspecified atom stereocenters. The van der Waals surface area contributed by atoms with Crippen LogP contribution in [0, 0.1) is 30.6 Å². The molecule has 0 bridgehead atoms. The lowest BCUT2D eigenvalue weighted by Crippen LogP contribution is -2.37. The number of carboxylic acids is 1. The monoisotopic (exact) mass is 625 g/mol. The van der Waals surface area contributed by atoms with Crippen molar-refractivity contribution in [1.82, 2.24) is 9.97 Å². The second kappa shape index (κ2) is 14.2. The number of aryl methyl sites for hydroxylation is 1. The summed E-state index contributed by atoms with van der Waals surface area (Å²) in [4.78, 5) is 37.8. The normalized spacial score (nSPS) is 19.4. The Morgan fingerprint density at radius 1 is 0.978 bits per heavy atom. The molecule has 3 fully saturated rings. The molecule has 6 rings (SSSR count). The van der Waals surface area contributed by atoms with Crippen LogP contribution < -0.4 is 14.4 Å². The first-order valence-corrected chi connectivity index (χ1v) is 17.0. The van der Waals surface area contributed by atoms with Gasteiger partial charge in [0.05, 0.1) is 36.9 Å². The van der Waals surface area contributed by atoms with E-state index in [2.05, 4.69) is 9.88 Å². The van der Waals surface area contributed by atoms with Crippen molar-refractivity contribution in [3.63, 3.8) is 0 Å². The van der Waals surface area contributed by atoms with Crippen LogP contribution in [0.15, 0.2) is 54.7 Å². The highest BCUT2D eigenvalue weighted by Crippen LogP contribution is 2.47. The number of ketones is 1. The van der Waals surface area contributed by atoms with Crippen molar-refractivity contribution in [3.8, 4) is 11.6 Å². The van der Waals surface area contributed by atoms with Crippen molar-refractivity contribution in [2.45, 2.75) is 77.0 Å². The zero-order valence-electron chi connectivity index (χ0n) is 27.4. The number of aromatic nitrogens is 2. The first-order chi connectivity index (χ1) is 22.3. The summed E-state index contributed by atoms with van der Waals surface area (Å²) in [5.41, 5.74) is 4.51. The number of ether oxygens (including phenoxy) is 2. The van der Waals surface area contributed by atoms with Crippen molar-refractivity contribution in [1.29, 1.82) is 0 Å². The van der Waals surface area contributed by atoms with Gasteiger partial charge in [0.2, 0.25) is 5.88 Å². The topological polar surface area (TPSA) is 102 Å². The molecule has 1 saturated heterocycles. The van der Waals surface area contributed by atoms with Gasteiger partial charge in [-0.05, 0) is 105 Å². The first-order valence-electron chi connectivity index (χ1n) is 17.0. The van der Waals surface area contributed by atoms with E-state index in [0.29, 0.717) is 30.2 Å². The number of carboxylic acid groups (broad SMARTS) is 1. The molecular formula is C38H47N3O5. The molecule has 1 aromatic carbocycles. The molecule has 2 aliphatic carbocycles. The molecule has 8 heteroatoms. The fourth-order valence-corrected chi connectivity index (χ4v) is 7.73. The SMILES string of the molecule is COc1ccc(C(=O)C(c2cccc(C)n2)C2CCCC2)c(N2CCC(COc3cc([C@H](C4CC4)[C@H](C)C(=O)O)ccn3)CC2)c1. The van der Waals surface area contributed by atoms with Crippen LogP contribution in [0.3, 0.4) is 0 Å². The van der Waals surface area contributed by atoms with Gasteiger partial charge in [-0.1, -0.05) is 25.8 Å². The molecule has 0 spiro atoms. The van der Waals surface area contributed by atoms with Crippen LogP contribution in [0.4, 0.5) is 5.69 Å². The van der Waals surface area contributed by atoms with Crippen LogP contribution in [0.5, 0.6) is 11.6 Å². The van der Waals surface area contributed by atoms with Crippen LogP contribution in [-0.2, 0) is 4.79 Å². The van der Waals surface area contributed by atoms with Crippen molar-refractivity contribution in [2.75, 3.05) is 31.7 Å². The molecule has 244 valence electrons. The molecule has 3 heterocycles. The Kier molecular flexibility index (Phi) is 9.90. The van der Waals surface area contributed by atoms with E-state index in [1.165, 1.54) is 0 Å². The van der Waals surface area contributed by atoms with Crippen LogP contribution in [0.2, 0.25) is 0 Å². The Morgan fingerprint density at radius 2 is 1.74 bits per heavy atom. The number of anilines is 1. The van der Waals surface area contributed by atoms with Gasteiger partial charge in [0.15, 0.2) is 5.78 Å². The maximum absolute atomic E-state index is 14.5. The summed E-state index contributed by atoms with van der Waals surface area (Å²) in [6.45, 7) is 5.97. The number of nitrogens with zero attached hydrogens (tertiary/aromatic N) is 3. The summed E-state index contributed by atoms with van der Waals surface area (Å²) in [6, 6.07) is 15.8. The van der Waals surface area contributed by atoms with Gasteiger partial charge in [-0.3, -0.25) is 14.6 Å². The molecule has 3 atom stereocenters. The molecule has 1 N–H and O–H groups in total. The zero-order valence-corrected chi connectivity index (χ0v) is 27.4. The Bertz CT molecular complexity index is 1520. The van der Waals surface area contributed by atoms with Crippen LogP contribution >= 0.6 is 0 Å². The molecule has 46 heavy (non-hydrogen) atoms. The van der Waals surface area contributed by atoms with E-state index in [4.69, 9.17) is 14.5 Å². The molecule has 1 aliphatic heterocycles. The second-order valence-corrected chi connectivity index (χ2v) is 13.6. The average molecular weight is 626 g/mol. The molecule has 2 aromatic heterocycles. The summed E-state index contributed by atoms with van der Waals surface area (Å²) in [5.74, 6) is 1.07. The Hall–Kier alpha value is -3.94. The van der Waals surface area contributed by atoms with E-state index in [1.807, 2.05) is 55.5 Å². The second-order valence-electron chi connectivity index (χ2n) is 13.6. The minimum absolute atomic E-state index is 0.0131. The lowest BCUT2D eigenvalue weighted by Gasteiger charge is -2.35. The third kappa shape index (κ3) is 7.21. The van der Waals surface area contributed by atoms with Crippen molar-refractivity contribution < 1.29 is 24.2 Å². The maximum atomic E-state index is 14.5. The van der Waals surface area contributed by atoms with Gasteiger partial charge < -0.3 is 19.5 Å². The third-order valence-electron chi connectivity index (χ3n) is 10.5. The molecule has 3 aromatic rings. The summed E-state index contributed by atoms with van der Waals surface area (Å²) in [7, 11) is 1.67. The van der Waals surface area contributed by atoms with Crippen LogP contribution in [0.1, 0.15) is 97.4 Å². The lowest BCUT2D eigenvalue weighted by atomic mass is 9.81. The van der Waals surface area contributed by atoms with Gasteiger partial charge in [-0.15, -0.1) is 0 Å². The molecule has 0 radical (unpaired) electrons. The van der Waals surface area contributed by atoms with Crippen molar-refractivity contribution in [3.05, 3.63) is 77.2 Å². The number of methoxy groups -OCH3 is 1. The maximum Gasteiger partial charge on any atom is 0.306 e. The highest BCUT2D eigenvalue weighted by Gasteiger charge is 2.39. The number of Topliss-reactive ketones (excluding diaryl/α,β-unsaturated/α-hetero) is 1. The fraction of sp³-hybridized carbons (Fsp3) is 0.526. The van der Waals surface area contributed by atoms with E-state index in [0.717, 1.165) is 98.4 Å². The predicted octanol–water partition coefficient (Wildman–Crippen LogP) is 7.46. The number of carbonyl (C=O) groups excluding carboxylic acids is 1.